The van der Waals surface area contributed by atoms with Gasteiger partial charge in [-0.15, -0.1) is 0 Å². The van der Waals surface area contributed by atoms with E-state index in [9.17, 15) is 9.59 Å². The number of benzene rings is 2. The summed E-state index contributed by atoms with van der Waals surface area (Å²) in [5.41, 5.74) is 0.992. The Morgan fingerprint density at radius 3 is 2.78 bits per heavy atom. The van der Waals surface area contributed by atoms with Gasteiger partial charge < -0.3 is 15.0 Å². The third kappa shape index (κ3) is 2.00. The maximum atomic E-state index is 13.0. The molecule has 2 aliphatic rings. The second-order valence-corrected chi connectivity index (χ2v) is 5.92. The van der Waals surface area contributed by atoms with E-state index in [0.29, 0.717) is 18.0 Å². The minimum Gasteiger partial charge on any atom is -0.465 e. The first-order chi connectivity index (χ1) is 11.1. The van der Waals surface area contributed by atoms with Gasteiger partial charge in [0.1, 0.15) is 5.75 Å². The van der Waals surface area contributed by atoms with Gasteiger partial charge in [0.15, 0.2) is 0 Å². The van der Waals surface area contributed by atoms with E-state index < -0.39 is 11.5 Å². The standard InChI is InChI=1S/C18H16N2O3/c1-18(16(21)19-13-7-3-5-9-15(13)23-18)17(22)20-11-10-12-6-2-4-8-14(12)20/h2-9H,10-11H2,1H3,(H,19,21)/t18-/m1/s1. The van der Waals surface area contributed by atoms with E-state index in [0.717, 1.165) is 17.7 Å². The second kappa shape index (κ2) is 4.84. The number of carbonyl (C=O) groups is 2. The first-order valence-electron chi connectivity index (χ1n) is 7.59. The molecule has 0 saturated carbocycles. The van der Waals surface area contributed by atoms with Crippen molar-refractivity contribution in [3.63, 3.8) is 0 Å². The Kier molecular flexibility index (Phi) is 2.91. The maximum absolute atomic E-state index is 13.0. The molecule has 1 N–H and O–H groups in total. The molecule has 0 unspecified atom stereocenters. The zero-order valence-corrected chi connectivity index (χ0v) is 12.7. The molecule has 0 spiro atoms. The first kappa shape index (κ1) is 13.8. The maximum Gasteiger partial charge on any atom is 0.280 e. The zero-order chi connectivity index (χ0) is 16.0. The molecule has 4 rings (SSSR count). The lowest BCUT2D eigenvalue weighted by atomic mass is 10.0. The van der Waals surface area contributed by atoms with Gasteiger partial charge in [-0.25, -0.2) is 0 Å². The Morgan fingerprint density at radius 1 is 1.17 bits per heavy atom. The minimum atomic E-state index is -1.56. The molecule has 0 aromatic heterocycles. The number of para-hydroxylation sites is 3. The fraction of sp³-hybridized carbons (Fsp3) is 0.222. The molecular weight excluding hydrogens is 292 g/mol. The number of amides is 2. The van der Waals surface area contributed by atoms with Crippen molar-refractivity contribution in [3.8, 4) is 5.75 Å². The number of nitrogens with one attached hydrogen (secondary N) is 1. The SMILES string of the molecule is C[C@@]1(C(=O)N2CCc3ccccc32)Oc2ccccc2NC1=O. The normalized spacial score (nSPS) is 22.0. The fourth-order valence-electron chi connectivity index (χ4n) is 3.11. The summed E-state index contributed by atoms with van der Waals surface area (Å²) in [6, 6.07) is 14.9. The van der Waals surface area contributed by atoms with Crippen LogP contribution in [0.25, 0.3) is 0 Å². The quantitative estimate of drug-likeness (QED) is 0.823. The zero-order valence-electron chi connectivity index (χ0n) is 12.7. The van der Waals surface area contributed by atoms with E-state index in [2.05, 4.69) is 5.32 Å². The van der Waals surface area contributed by atoms with Gasteiger partial charge in [-0.2, -0.15) is 0 Å². The van der Waals surface area contributed by atoms with Crippen LogP contribution in [0.5, 0.6) is 5.75 Å². The number of fused-ring (bicyclic) bond motifs is 2. The molecule has 1 atom stereocenters. The van der Waals surface area contributed by atoms with Crippen LogP contribution in [0.3, 0.4) is 0 Å². The van der Waals surface area contributed by atoms with Crippen LogP contribution < -0.4 is 15.0 Å². The van der Waals surface area contributed by atoms with Gasteiger partial charge in [0.05, 0.1) is 5.69 Å². The van der Waals surface area contributed by atoms with Crippen LogP contribution in [0.4, 0.5) is 11.4 Å². The summed E-state index contributed by atoms with van der Waals surface area (Å²) < 4.78 is 5.82. The molecule has 0 radical (unpaired) electrons. The van der Waals surface area contributed by atoms with Crippen LogP contribution in [0, 0.1) is 0 Å². The highest BCUT2D eigenvalue weighted by molar-refractivity contribution is 6.20. The van der Waals surface area contributed by atoms with Crippen molar-refractivity contribution in [1.29, 1.82) is 0 Å². The molecule has 2 amide bonds. The molecular formula is C18H16N2O3. The van der Waals surface area contributed by atoms with Crippen molar-refractivity contribution in [2.75, 3.05) is 16.8 Å². The summed E-state index contributed by atoms with van der Waals surface area (Å²) in [4.78, 5) is 27.2. The Balaban J connectivity index is 1.70. The number of rotatable bonds is 1. The van der Waals surface area contributed by atoms with Crippen molar-refractivity contribution >= 4 is 23.2 Å². The lowest BCUT2D eigenvalue weighted by molar-refractivity contribution is -0.144. The summed E-state index contributed by atoms with van der Waals surface area (Å²) in [6.07, 6.45) is 0.788. The number of hydrogen-bond donors (Lipinski definition) is 1. The van der Waals surface area contributed by atoms with Gasteiger partial charge in [-0.3, -0.25) is 9.59 Å². The van der Waals surface area contributed by atoms with E-state index in [1.54, 1.807) is 17.0 Å². The largest absolute Gasteiger partial charge is 0.465 e. The molecule has 5 heteroatoms. The molecule has 5 nitrogen and oxygen atoms in total. The molecule has 2 aliphatic heterocycles. The summed E-state index contributed by atoms with van der Waals surface area (Å²) in [7, 11) is 0. The van der Waals surface area contributed by atoms with Crippen LogP contribution in [0.15, 0.2) is 48.5 Å². The van der Waals surface area contributed by atoms with Gasteiger partial charge in [0, 0.05) is 12.2 Å². The summed E-state index contributed by atoms with van der Waals surface area (Å²) in [6.45, 7) is 2.09. The number of carbonyl (C=O) groups excluding carboxylic acids is 2. The van der Waals surface area contributed by atoms with E-state index in [4.69, 9.17) is 4.74 Å². The van der Waals surface area contributed by atoms with E-state index >= 15 is 0 Å². The average molecular weight is 308 g/mol. The van der Waals surface area contributed by atoms with E-state index in [1.807, 2.05) is 36.4 Å². The number of nitrogens with zero attached hydrogens (tertiary/aromatic N) is 1. The highest BCUT2D eigenvalue weighted by Gasteiger charge is 2.50. The topological polar surface area (TPSA) is 58.6 Å². The predicted octanol–water partition coefficient (Wildman–Crippen LogP) is 2.37. The lowest BCUT2D eigenvalue weighted by Gasteiger charge is -2.35. The van der Waals surface area contributed by atoms with Crippen molar-refractivity contribution in [3.05, 3.63) is 54.1 Å². The summed E-state index contributed by atoms with van der Waals surface area (Å²) >= 11 is 0. The van der Waals surface area contributed by atoms with E-state index in [1.165, 1.54) is 6.92 Å². The molecule has 116 valence electrons. The Morgan fingerprint density at radius 2 is 1.91 bits per heavy atom. The minimum absolute atomic E-state index is 0.338. The lowest BCUT2D eigenvalue weighted by Crippen LogP contribution is -2.59. The monoisotopic (exact) mass is 308 g/mol. The van der Waals surface area contributed by atoms with Crippen LogP contribution in [0.2, 0.25) is 0 Å². The van der Waals surface area contributed by atoms with Crippen LogP contribution in [-0.4, -0.2) is 24.0 Å². The predicted molar refractivity (Wildman–Crippen MR) is 86.6 cm³/mol. The molecule has 23 heavy (non-hydrogen) atoms. The van der Waals surface area contributed by atoms with E-state index in [-0.39, 0.29) is 5.91 Å². The highest BCUT2D eigenvalue weighted by atomic mass is 16.5. The third-order valence-corrected chi connectivity index (χ3v) is 4.42. The fourth-order valence-corrected chi connectivity index (χ4v) is 3.11. The van der Waals surface area contributed by atoms with Gasteiger partial charge in [-0.1, -0.05) is 30.3 Å². The number of anilines is 2. The third-order valence-electron chi connectivity index (χ3n) is 4.42. The molecule has 0 bridgehead atoms. The molecule has 0 fully saturated rings. The average Bonchev–Trinajstić information content (AvgIpc) is 2.99. The first-order valence-corrected chi connectivity index (χ1v) is 7.59. The van der Waals surface area contributed by atoms with Crippen LogP contribution in [0.1, 0.15) is 12.5 Å². The molecule has 2 aromatic rings. The summed E-state index contributed by atoms with van der Waals surface area (Å²) in [5.74, 6) is -0.268. The van der Waals surface area contributed by atoms with Crippen molar-refractivity contribution in [2.24, 2.45) is 0 Å². The van der Waals surface area contributed by atoms with Crippen LogP contribution >= 0.6 is 0 Å². The van der Waals surface area contributed by atoms with Crippen molar-refractivity contribution < 1.29 is 14.3 Å². The molecule has 2 heterocycles. The summed E-state index contributed by atoms with van der Waals surface area (Å²) in [5, 5.41) is 2.77. The Bertz CT molecular complexity index is 817. The van der Waals surface area contributed by atoms with Crippen molar-refractivity contribution in [1.82, 2.24) is 0 Å². The molecule has 0 saturated heterocycles. The van der Waals surface area contributed by atoms with Gasteiger partial charge in [0.25, 0.3) is 17.4 Å². The number of hydrogen-bond acceptors (Lipinski definition) is 3. The second-order valence-electron chi connectivity index (χ2n) is 5.92. The number of ether oxygens (including phenoxy) is 1. The smallest absolute Gasteiger partial charge is 0.280 e. The molecule has 0 aliphatic carbocycles. The van der Waals surface area contributed by atoms with Gasteiger partial charge >= 0.3 is 0 Å². The Labute approximate surface area is 133 Å². The van der Waals surface area contributed by atoms with Crippen molar-refractivity contribution in [2.45, 2.75) is 18.9 Å². The molecule has 2 aromatic carbocycles. The van der Waals surface area contributed by atoms with Gasteiger partial charge in [0.2, 0.25) is 0 Å². The Hall–Kier alpha value is -2.82. The van der Waals surface area contributed by atoms with Gasteiger partial charge in [-0.05, 0) is 37.1 Å². The van der Waals surface area contributed by atoms with Crippen LogP contribution in [-0.2, 0) is 16.0 Å². The highest BCUT2D eigenvalue weighted by Crippen LogP contribution is 2.36.